The molecule has 0 bridgehead atoms. The maximum Gasteiger partial charge on any atom is 0.326 e. The van der Waals surface area contributed by atoms with E-state index in [1.54, 1.807) is 18.2 Å². The topological polar surface area (TPSA) is 94.2 Å². The normalized spacial score (nSPS) is 17.2. The second-order valence-electron chi connectivity index (χ2n) is 5.52. The van der Waals surface area contributed by atoms with Crippen LogP contribution in [0.3, 0.4) is 0 Å². The largest absolute Gasteiger partial charge is 0.486 e. The van der Waals surface area contributed by atoms with Gasteiger partial charge in [0.15, 0.2) is 17.6 Å². The van der Waals surface area contributed by atoms with Crippen molar-refractivity contribution in [2.75, 3.05) is 37.4 Å². The third-order valence-electron chi connectivity index (χ3n) is 3.65. The van der Waals surface area contributed by atoms with Crippen molar-refractivity contribution in [1.29, 1.82) is 0 Å². The van der Waals surface area contributed by atoms with Crippen LogP contribution in [0.2, 0.25) is 0 Å². The number of amides is 2. The molecule has 8 nitrogen and oxygen atoms in total. The van der Waals surface area contributed by atoms with Gasteiger partial charge in [-0.15, -0.1) is 0 Å². The zero-order valence-corrected chi connectivity index (χ0v) is 14.5. The minimum atomic E-state index is -0.981. The van der Waals surface area contributed by atoms with Gasteiger partial charge in [-0.05, 0) is 19.1 Å². The summed E-state index contributed by atoms with van der Waals surface area (Å²) in [5.74, 6) is 0.759. The molecular weight excluding hydrogens is 348 g/mol. The summed E-state index contributed by atoms with van der Waals surface area (Å²) in [6.45, 7) is 2.78. The monoisotopic (exact) mass is 366 g/mol. The van der Waals surface area contributed by atoms with E-state index in [2.05, 4.69) is 5.32 Å². The Morgan fingerprint density at radius 3 is 2.80 bits per heavy atom. The predicted molar refractivity (Wildman–Crippen MR) is 91.0 cm³/mol. The first-order valence-corrected chi connectivity index (χ1v) is 8.83. The Morgan fingerprint density at radius 2 is 2.08 bits per heavy atom. The van der Waals surface area contributed by atoms with Crippen molar-refractivity contribution in [3.8, 4) is 11.5 Å². The number of nitrogens with zero attached hydrogens (tertiary/aromatic N) is 1. The first-order chi connectivity index (χ1) is 12.0. The number of hydrogen-bond donors (Lipinski definition) is 1. The van der Waals surface area contributed by atoms with Crippen molar-refractivity contribution in [1.82, 2.24) is 4.90 Å². The summed E-state index contributed by atoms with van der Waals surface area (Å²) < 4.78 is 16.0. The zero-order valence-electron chi connectivity index (χ0n) is 13.6. The van der Waals surface area contributed by atoms with E-state index < -0.39 is 18.0 Å². The fourth-order valence-corrected chi connectivity index (χ4v) is 3.20. The molecule has 25 heavy (non-hydrogen) atoms. The van der Waals surface area contributed by atoms with E-state index in [-0.39, 0.29) is 11.8 Å². The number of nitrogens with one attached hydrogen (secondary N) is 1. The molecule has 2 heterocycles. The lowest BCUT2D eigenvalue weighted by Gasteiger charge is -2.20. The zero-order chi connectivity index (χ0) is 17.8. The van der Waals surface area contributed by atoms with Crippen LogP contribution in [0.5, 0.6) is 11.5 Å². The molecule has 3 rings (SSSR count). The van der Waals surface area contributed by atoms with Gasteiger partial charge >= 0.3 is 5.97 Å². The number of ether oxygens (including phenoxy) is 3. The Balaban J connectivity index is 1.52. The van der Waals surface area contributed by atoms with Gasteiger partial charge < -0.3 is 24.4 Å². The Morgan fingerprint density at radius 1 is 1.32 bits per heavy atom. The second kappa shape index (κ2) is 7.64. The lowest BCUT2D eigenvalue weighted by Crippen LogP contribution is -2.36. The van der Waals surface area contributed by atoms with Gasteiger partial charge in [0.2, 0.25) is 0 Å². The van der Waals surface area contributed by atoms with Crippen LogP contribution < -0.4 is 14.8 Å². The number of thioether (sulfide) groups is 1. The van der Waals surface area contributed by atoms with Gasteiger partial charge in [-0.3, -0.25) is 14.4 Å². The molecule has 134 valence electrons. The van der Waals surface area contributed by atoms with E-state index in [0.717, 1.165) is 11.8 Å². The summed E-state index contributed by atoms with van der Waals surface area (Å²) in [6, 6.07) is 5.04. The molecule has 0 saturated carbocycles. The second-order valence-corrected chi connectivity index (χ2v) is 6.56. The van der Waals surface area contributed by atoms with Gasteiger partial charge in [0.05, 0.1) is 0 Å². The van der Waals surface area contributed by atoms with Gasteiger partial charge in [0, 0.05) is 24.1 Å². The predicted octanol–water partition coefficient (Wildman–Crippen LogP) is 1.50. The number of hydrogen-bond acceptors (Lipinski definition) is 7. The molecule has 1 saturated heterocycles. The fraction of sp³-hybridized carbons (Fsp3) is 0.438. The number of esters is 1. The maximum atomic E-state index is 12.2. The standard InChI is InChI=1S/C16H18N2O6S/c1-10(24-14(19)9-18-4-7-25-16(18)21)15(20)17-11-2-3-12-13(8-11)23-6-5-22-12/h2-3,8,10H,4-7,9H2,1H3,(H,17,20)/t10-/m0/s1. The minimum absolute atomic E-state index is 0.145. The van der Waals surface area contributed by atoms with Crippen LogP contribution >= 0.6 is 11.8 Å². The molecule has 2 aliphatic rings. The highest BCUT2D eigenvalue weighted by atomic mass is 32.2. The van der Waals surface area contributed by atoms with Crippen molar-refractivity contribution in [3.05, 3.63) is 18.2 Å². The summed E-state index contributed by atoms with van der Waals surface area (Å²) >= 11 is 1.16. The minimum Gasteiger partial charge on any atom is -0.486 e. The van der Waals surface area contributed by atoms with Crippen molar-refractivity contribution in [2.24, 2.45) is 0 Å². The third-order valence-corrected chi connectivity index (χ3v) is 4.54. The molecule has 0 radical (unpaired) electrons. The van der Waals surface area contributed by atoms with E-state index in [1.165, 1.54) is 11.8 Å². The highest BCUT2D eigenvalue weighted by molar-refractivity contribution is 8.13. The average molecular weight is 366 g/mol. The first kappa shape index (κ1) is 17.4. The highest BCUT2D eigenvalue weighted by Crippen LogP contribution is 2.32. The van der Waals surface area contributed by atoms with Crippen LogP contribution in [0, 0.1) is 0 Å². The molecular formula is C16H18N2O6S. The number of carbonyl (C=O) groups is 3. The smallest absolute Gasteiger partial charge is 0.326 e. The Labute approximate surface area is 148 Å². The van der Waals surface area contributed by atoms with E-state index in [4.69, 9.17) is 14.2 Å². The first-order valence-electron chi connectivity index (χ1n) is 7.84. The lowest BCUT2D eigenvalue weighted by atomic mass is 10.2. The van der Waals surface area contributed by atoms with Crippen molar-refractivity contribution in [3.63, 3.8) is 0 Å². The quantitative estimate of drug-likeness (QED) is 0.789. The molecule has 1 aromatic carbocycles. The highest BCUT2D eigenvalue weighted by Gasteiger charge is 2.26. The molecule has 0 unspecified atom stereocenters. The summed E-state index contributed by atoms with van der Waals surface area (Å²) in [4.78, 5) is 36.9. The molecule has 9 heteroatoms. The van der Waals surface area contributed by atoms with Gasteiger partial charge in [0.25, 0.3) is 11.1 Å². The molecule has 1 N–H and O–H groups in total. The summed E-state index contributed by atoms with van der Waals surface area (Å²) in [5.41, 5.74) is 0.517. The Bertz CT molecular complexity index is 695. The lowest BCUT2D eigenvalue weighted by molar-refractivity contribution is -0.153. The maximum absolute atomic E-state index is 12.2. The Kier molecular flexibility index (Phi) is 5.32. The van der Waals surface area contributed by atoms with Crippen molar-refractivity contribution < 1.29 is 28.6 Å². The summed E-state index contributed by atoms with van der Waals surface area (Å²) in [5, 5.41) is 2.52. The molecule has 2 amide bonds. The van der Waals surface area contributed by atoms with E-state index >= 15 is 0 Å². The van der Waals surface area contributed by atoms with Crippen LogP contribution in [0.15, 0.2) is 18.2 Å². The SMILES string of the molecule is C[C@H](OC(=O)CN1CCSC1=O)C(=O)Nc1ccc2c(c1)OCCO2. The molecule has 1 aromatic rings. The molecule has 2 aliphatic heterocycles. The Hall–Kier alpha value is -2.42. The molecule has 0 aliphatic carbocycles. The van der Waals surface area contributed by atoms with Crippen molar-refractivity contribution >= 4 is 34.6 Å². The number of benzene rings is 1. The van der Waals surface area contributed by atoms with Crippen LogP contribution in [-0.4, -0.2) is 60.2 Å². The van der Waals surface area contributed by atoms with Gasteiger partial charge in [-0.1, -0.05) is 11.8 Å². The molecule has 1 atom stereocenters. The molecule has 0 aromatic heterocycles. The molecule has 1 fully saturated rings. The van der Waals surface area contributed by atoms with Crippen LogP contribution in [-0.2, 0) is 14.3 Å². The number of fused-ring (bicyclic) bond motifs is 1. The van der Waals surface area contributed by atoms with E-state index in [0.29, 0.717) is 42.7 Å². The third kappa shape index (κ3) is 4.36. The number of carbonyl (C=O) groups excluding carboxylic acids is 3. The van der Waals surface area contributed by atoms with Crippen LogP contribution in [0.1, 0.15) is 6.92 Å². The van der Waals surface area contributed by atoms with Crippen LogP contribution in [0.25, 0.3) is 0 Å². The van der Waals surface area contributed by atoms with Crippen molar-refractivity contribution in [2.45, 2.75) is 13.0 Å². The number of anilines is 1. The van der Waals surface area contributed by atoms with Crippen LogP contribution in [0.4, 0.5) is 10.5 Å². The molecule has 0 spiro atoms. The fourth-order valence-electron chi connectivity index (χ4n) is 2.38. The number of rotatable bonds is 5. The van der Waals surface area contributed by atoms with Gasteiger partial charge in [0.1, 0.15) is 19.8 Å². The van der Waals surface area contributed by atoms with Gasteiger partial charge in [-0.2, -0.15) is 0 Å². The van der Waals surface area contributed by atoms with E-state index in [9.17, 15) is 14.4 Å². The van der Waals surface area contributed by atoms with Gasteiger partial charge in [-0.25, -0.2) is 0 Å². The average Bonchev–Trinajstić information content (AvgIpc) is 2.99. The summed E-state index contributed by atoms with van der Waals surface area (Å²) in [7, 11) is 0. The summed E-state index contributed by atoms with van der Waals surface area (Å²) in [6.07, 6.45) is -0.981. The van der Waals surface area contributed by atoms with E-state index in [1.807, 2.05) is 0 Å².